The van der Waals surface area contributed by atoms with Crippen molar-refractivity contribution in [1.29, 1.82) is 0 Å². The number of ether oxygens (including phenoxy) is 2. The summed E-state index contributed by atoms with van der Waals surface area (Å²) in [4.78, 5) is 6.03. The van der Waals surface area contributed by atoms with Crippen molar-refractivity contribution in [3.05, 3.63) is 48.7 Å². The highest BCUT2D eigenvalue weighted by Gasteiger charge is 2.31. The molecule has 0 amide bonds. The van der Waals surface area contributed by atoms with Gasteiger partial charge in [0.05, 0.1) is 22.0 Å². The van der Waals surface area contributed by atoms with Crippen molar-refractivity contribution >= 4 is 26.4 Å². The van der Waals surface area contributed by atoms with Crippen LogP contribution in [0.1, 0.15) is 25.7 Å². The second-order valence-corrected chi connectivity index (χ2v) is 9.68. The van der Waals surface area contributed by atoms with Gasteiger partial charge < -0.3 is 14.4 Å². The third-order valence-corrected chi connectivity index (χ3v) is 7.58. The number of sulfone groups is 1. The van der Waals surface area contributed by atoms with Gasteiger partial charge >= 0.3 is 0 Å². The van der Waals surface area contributed by atoms with Gasteiger partial charge in [0, 0.05) is 19.2 Å². The first-order valence-corrected chi connectivity index (χ1v) is 12.0. The maximum absolute atomic E-state index is 13.6. The van der Waals surface area contributed by atoms with Crippen molar-refractivity contribution in [3.63, 3.8) is 0 Å². The number of fused-ring (bicyclic) bond motifs is 2. The highest BCUT2D eigenvalue weighted by molar-refractivity contribution is 7.91. The molecule has 3 aromatic rings. The molecule has 0 aliphatic carbocycles. The molecule has 3 heterocycles. The molecule has 0 spiro atoms. The summed E-state index contributed by atoms with van der Waals surface area (Å²) in [5, 5.41) is 0.846. The van der Waals surface area contributed by atoms with Crippen LogP contribution < -0.4 is 19.4 Å². The van der Waals surface area contributed by atoms with E-state index in [1.165, 1.54) is 12.8 Å². The van der Waals surface area contributed by atoms with Crippen molar-refractivity contribution in [1.82, 2.24) is 0 Å². The van der Waals surface area contributed by atoms with Crippen molar-refractivity contribution in [2.45, 2.75) is 35.5 Å². The molecule has 0 bridgehead atoms. The molecule has 0 atom stereocenters. The Labute approximate surface area is 176 Å². The fourth-order valence-electron chi connectivity index (χ4n) is 4.30. The van der Waals surface area contributed by atoms with E-state index in [9.17, 15) is 8.42 Å². The summed E-state index contributed by atoms with van der Waals surface area (Å²) in [6, 6.07) is 12.5. The molecule has 0 radical (unpaired) electrons. The zero-order valence-corrected chi connectivity index (χ0v) is 17.6. The fraction of sp³-hybridized carbons (Fsp3) is 0.348. The largest absolute Gasteiger partial charge is 0.486 e. The highest BCUT2D eigenvalue weighted by Crippen LogP contribution is 2.41. The number of rotatable bonds is 3. The molecule has 30 heavy (non-hydrogen) atoms. The summed E-state index contributed by atoms with van der Waals surface area (Å²) in [6.07, 6.45) is 6.06. The lowest BCUT2D eigenvalue weighted by atomic mass is 10.1. The third kappa shape index (κ3) is 3.37. The van der Waals surface area contributed by atoms with Gasteiger partial charge in [-0.15, -0.1) is 0 Å². The number of benzene rings is 2. The molecule has 0 unspecified atom stereocenters. The van der Waals surface area contributed by atoms with E-state index in [4.69, 9.17) is 9.47 Å². The minimum absolute atomic E-state index is 0.298. The maximum atomic E-state index is 13.6. The molecule has 2 aliphatic heterocycles. The van der Waals surface area contributed by atoms with E-state index in [-0.39, 0.29) is 0 Å². The average Bonchev–Trinajstić information content (AvgIpc) is 3.07. The standard InChI is InChI=1S/C23H24N2O4S/c26-30(27,17-8-4-3-5-9-17)22-16-24-19-15-21-20(28-12-13-29-21)14-18(19)23(22)25-10-6-1-2-7-11-25/h3-5,8-9,14-16H,1-2,6-7,10-13H2/p+1. The lowest BCUT2D eigenvalue weighted by molar-refractivity contribution is -0.347. The number of aromatic nitrogens is 1. The predicted octanol–water partition coefficient (Wildman–Crippen LogP) is 3.64. The normalized spacial score (nSPS) is 17.0. The second kappa shape index (κ2) is 7.80. The highest BCUT2D eigenvalue weighted by atomic mass is 32.2. The second-order valence-electron chi connectivity index (χ2n) is 7.76. The van der Waals surface area contributed by atoms with Crippen LogP contribution in [0, 0.1) is 0 Å². The Morgan fingerprint density at radius 3 is 2.23 bits per heavy atom. The van der Waals surface area contributed by atoms with Crippen LogP contribution in [0.3, 0.4) is 0 Å². The van der Waals surface area contributed by atoms with Gasteiger partial charge in [0.2, 0.25) is 15.4 Å². The van der Waals surface area contributed by atoms with Crippen LogP contribution in [0.15, 0.2) is 58.5 Å². The third-order valence-electron chi connectivity index (χ3n) is 5.79. The molecule has 7 heteroatoms. The van der Waals surface area contributed by atoms with Crippen molar-refractivity contribution in [2.75, 3.05) is 31.2 Å². The number of H-pyrrole nitrogens is 1. The number of hydrogen-bond acceptors (Lipinski definition) is 5. The van der Waals surface area contributed by atoms with Crippen LogP contribution in [0.4, 0.5) is 5.69 Å². The summed E-state index contributed by atoms with van der Waals surface area (Å²) in [6.45, 7) is 2.68. The van der Waals surface area contributed by atoms with E-state index >= 15 is 0 Å². The van der Waals surface area contributed by atoms with Gasteiger partial charge in [0.1, 0.15) is 13.2 Å². The van der Waals surface area contributed by atoms with Crippen LogP contribution in [-0.2, 0) is 9.84 Å². The summed E-state index contributed by atoms with van der Waals surface area (Å²) in [5.41, 5.74) is 1.59. The van der Waals surface area contributed by atoms with E-state index in [2.05, 4.69) is 9.88 Å². The molecule has 1 N–H and O–H groups in total. The van der Waals surface area contributed by atoms with Gasteiger partial charge in [-0.25, -0.2) is 13.4 Å². The van der Waals surface area contributed by atoms with Crippen LogP contribution in [0.25, 0.3) is 10.9 Å². The first-order valence-electron chi connectivity index (χ1n) is 10.5. The van der Waals surface area contributed by atoms with Crippen LogP contribution in [0.5, 0.6) is 11.5 Å². The van der Waals surface area contributed by atoms with E-state index in [0.29, 0.717) is 34.5 Å². The van der Waals surface area contributed by atoms with Gasteiger partial charge in [0.25, 0.3) is 0 Å². The molecule has 1 aromatic heterocycles. The Kier molecular flexibility index (Phi) is 4.98. The number of pyridine rings is 1. The molecular weight excluding hydrogens is 400 g/mol. The van der Waals surface area contributed by atoms with Gasteiger partial charge in [-0.2, -0.15) is 0 Å². The van der Waals surface area contributed by atoms with Crippen molar-refractivity contribution < 1.29 is 22.9 Å². The lowest BCUT2D eigenvalue weighted by Gasteiger charge is -2.26. The van der Waals surface area contributed by atoms with Crippen molar-refractivity contribution in [3.8, 4) is 11.5 Å². The average molecular weight is 426 g/mol. The van der Waals surface area contributed by atoms with Crippen LogP contribution in [0.2, 0.25) is 0 Å². The molecule has 156 valence electrons. The summed E-state index contributed by atoms with van der Waals surface area (Å²) in [7, 11) is -3.69. The monoisotopic (exact) mass is 425 g/mol. The molecule has 1 fully saturated rings. The molecule has 5 rings (SSSR count). The smallest absolute Gasteiger partial charge is 0.217 e. The Balaban J connectivity index is 1.76. The van der Waals surface area contributed by atoms with Crippen LogP contribution in [-0.4, -0.2) is 34.7 Å². The van der Waals surface area contributed by atoms with Crippen LogP contribution >= 0.6 is 0 Å². The molecule has 1 saturated heterocycles. The van der Waals surface area contributed by atoms with E-state index in [0.717, 1.165) is 42.5 Å². The number of aromatic amines is 1. The summed E-state index contributed by atoms with van der Waals surface area (Å²) in [5.74, 6) is 1.35. The van der Waals surface area contributed by atoms with Gasteiger partial charge in [-0.1, -0.05) is 31.0 Å². The van der Waals surface area contributed by atoms with E-state index < -0.39 is 9.84 Å². The van der Waals surface area contributed by atoms with Gasteiger partial charge in [-0.05, 0) is 25.0 Å². The fourth-order valence-corrected chi connectivity index (χ4v) is 5.78. The lowest BCUT2D eigenvalue weighted by Crippen LogP contribution is -2.28. The minimum Gasteiger partial charge on any atom is -0.486 e. The molecule has 6 nitrogen and oxygen atoms in total. The van der Waals surface area contributed by atoms with E-state index in [1.54, 1.807) is 30.5 Å². The predicted molar refractivity (Wildman–Crippen MR) is 114 cm³/mol. The Bertz CT molecular complexity index is 1170. The SMILES string of the molecule is O=S(=O)(c1ccccc1)c1c[nH+]c2cc3c(cc2c1N1CCCCCC1)OCCO3. The number of anilines is 1. The number of nitrogens with one attached hydrogen (secondary N) is 1. The molecular formula is C23H25N2O4S+. The molecule has 2 aliphatic rings. The first kappa shape index (κ1) is 19.2. The first-order chi connectivity index (χ1) is 14.6. The maximum Gasteiger partial charge on any atom is 0.217 e. The quantitative estimate of drug-likeness (QED) is 0.641. The van der Waals surface area contributed by atoms with Gasteiger partial charge in [-0.3, -0.25) is 0 Å². The summed E-state index contributed by atoms with van der Waals surface area (Å²) >= 11 is 0. The Morgan fingerprint density at radius 1 is 0.867 bits per heavy atom. The minimum atomic E-state index is -3.69. The van der Waals surface area contributed by atoms with E-state index in [1.807, 2.05) is 18.2 Å². The zero-order valence-electron chi connectivity index (χ0n) is 16.8. The van der Waals surface area contributed by atoms with Gasteiger partial charge in [0.15, 0.2) is 22.6 Å². The zero-order chi connectivity index (χ0) is 20.6. The summed E-state index contributed by atoms with van der Waals surface area (Å²) < 4.78 is 38.8. The van der Waals surface area contributed by atoms with Crippen molar-refractivity contribution in [2.24, 2.45) is 0 Å². The molecule has 0 saturated carbocycles. The number of nitrogens with zero attached hydrogens (tertiary/aromatic N) is 1. The number of hydrogen-bond donors (Lipinski definition) is 0. The Hall–Kier alpha value is -2.80. The topological polar surface area (TPSA) is 70.0 Å². The Morgan fingerprint density at radius 2 is 1.53 bits per heavy atom. The molecule has 2 aromatic carbocycles.